The number of allylic oxidation sites excluding steroid dienone is 1. The van der Waals surface area contributed by atoms with Crippen molar-refractivity contribution in [2.45, 2.75) is 32.1 Å². The lowest BCUT2D eigenvalue weighted by Gasteiger charge is -2.01. The van der Waals surface area contributed by atoms with Crippen LogP contribution < -0.4 is 0 Å². The van der Waals surface area contributed by atoms with Crippen molar-refractivity contribution in [1.82, 2.24) is 0 Å². The van der Waals surface area contributed by atoms with Crippen molar-refractivity contribution in [1.29, 1.82) is 0 Å². The maximum Gasteiger partial charge on any atom is 0.303 e. The Morgan fingerprint density at radius 2 is 2.00 bits per heavy atom. The van der Waals surface area contributed by atoms with Crippen molar-refractivity contribution in [3.63, 3.8) is 0 Å². The van der Waals surface area contributed by atoms with Crippen LogP contribution in [0.15, 0.2) is 12.7 Å². The highest BCUT2D eigenvalue weighted by molar-refractivity contribution is 5.66. The topological polar surface area (TPSA) is 46.5 Å². The zero-order valence-corrected chi connectivity index (χ0v) is 8.00. The monoisotopic (exact) mass is 186 g/mol. The Hall–Kier alpha value is -0.830. The van der Waals surface area contributed by atoms with Crippen LogP contribution in [0.25, 0.3) is 0 Å². The molecule has 3 nitrogen and oxygen atoms in total. The molecule has 0 heterocycles. The van der Waals surface area contributed by atoms with Gasteiger partial charge >= 0.3 is 5.97 Å². The van der Waals surface area contributed by atoms with Crippen LogP contribution in [-0.2, 0) is 9.53 Å². The molecule has 0 aliphatic rings. The molecule has 0 aromatic carbocycles. The minimum atomic E-state index is -0.730. The van der Waals surface area contributed by atoms with E-state index in [-0.39, 0.29) is 6.42 Å². The molecule has 0 saturated carbocycles. The lowest BCUT2D eigenvalue weighted by molar-refractivity contribution is -0.137. The lowest BCUT2D eigenvalue weighted by Crippen LogP contribution is -1.99. The zero-order valence-electron chi connectivity index (χ0n) is 8.00. The highest BCUT2D eigenvalue weighted by Gasteiger charge is 1.95. The van der Waals surface area contributed by atoms with Gasteiger partial charge in [-0.15, -0.1) is 6.58 Å². The van der Waals surface area contributed by atoms with Crippen LogP contribution in [0.2, 0.25) is 0 Å². The molecule has 0 aromatic heterocycles. The highest BCUT2D eigenvalue weighted by atomic mass is 16.5. The zero-order chi connectivity index (χ0) is 9.94. The summed E-state index contributed by atoms with van der Waals surface area (Å²) in [5.74, 6) is -0.730. The van der Waals surface area contributed by atoms with Crippen LogP contribution in [0.1, 0.15) is 32.1 Å². The van der Waals surface area contributed by atoms with Crippen molar-refractivity contribution < 1.29 is 14.6 Å². The van der Waals surface area contributed by atoms with Gasteiger partial charge in [-0.2, -0.15) is 0 Å². The summed E-state index contributed by atoms with van der Waals surface area (Å²) in [5, 5.41) is 8.33. The largest absolute Gasteiger partial charge is 0.481 e. The normalized spacial score (nSPS) is 9.85. The average molecular weight is 186 g/mol. The molecule has 76 valence electrons. The number of unbranched alkanes of at least 4 members (excludes halogenated alkanes) is 2. The highest BCUT2D eigenvalue weighted by Crippen LogP contribution is 1.97. The quantitative estimate of drug-likeness (QED) is 0.443. The Balaban J connectivity index is 2.91. The Kier molecular flexibility index (Phi) is 8.67. The summed E-state index contributed by atoms with van der Waals surface area (Å²) >= 11 is 0. The number of carboxylic acids is 1. The molecule has 0 bridgehead atoms. The van der Waals surface area contributed by atoms with Gasteiger partial charge < -0.3 is 9.84 Å². The number of aliphatic carboxylic acids is 1. The van der Waals surface area contributed by atoms with Gasteiger partial charge in [0.15, 0.2) is 0 Å². The minimum absolute atomic E-state index is 0.246. The molecule has 0 amide bonds. The van der Waals surface area contributed by atoms with Gasteiger partial charge in [-0.05, 0) is 25.7 Å². The van der Waals surface area contributed by atoms with Gasteiger partial charge in [0.1, 0.15) is 0 Å². The minimum Gasteiger partial charge on any atom is -0.481 e. The number of ether oxygens (including phenoxy) is 1. The van der Waals surface area contributed by atoms with Gasteiger partial charge in [0.25, 0.3) is 0 Å². The van der Waals surface area contributed by atoms with Crippen LogP contribution in [0.3, 0.4) is 0 Å². The molecule has 13 heavy (non-hydrogen) atoms. The van der Waals surface area contributed by atoms with Crippen molar-refractivity contribution >= 4 is 5.97 Å². The molecular formula is C10H18O3. The van der Waals surface area contributed by atoms with Crippen molar-refractivity contribution in [3.8, 4) is 0 Å². The van der Waals surface area contributed by atoms with Crippen LogP contribution in [0.5, 0.6) is 0 Å². The summed E-state index contributed by atoms with van der Waals surface area (Å²) in [5.41, 5.74) is 0. The SMILES string of the molecule is C=CCCCOCCCCC(=O)O. The predicted octanol–water partition coefficient (Wildman–Crippen LogP) is 2.22. The number of hydrogen-bond donors (Lipinski definition) is 1. The van der Waals surface area contributed by atoms with Crippen LogP contribution >= 0.6 is 0 Å². The molecule has 0 saturated heterocycles. The van der Waals surface area contributed by atoms with E-state index in [2.05, 4.69) is 6.58 Å². The van der Waals surface area contributed by atoms with E-state index in [9.17, 15) is 4.79 Å². The second-order valence-electron chi connectivity index (χ2n) is 2.89. The van der Waals surface area contributed by atoms with E-state index in [0.717, 1.165) is 25.9 Å². The summed E-state index contributed by atoms with van der Waals surface area (Å²) < 4.78 is 5.28. The number of rotatable bonds is 9. The average Bonchev–Trinajstić information content (AvgIpc) is 2.09. The van der Waals surface area contributed by atoms with Gasteiger partial charge in [-0.25, -0.2) is 0 Å². The van der Waals surface area contributed by atoms with E-state index >= 15 is 0 Å². The van der Waals surface area contributed by atoms with Crippen molar-refractivity contribution in [2.75, 3.05) is 13.2 Å². The van der Waals surface area contributed by atoms with Crippen LogP contribution in [-0.4, -0.2) is 24.3 Å². The van der Waals surface area contributed by atoms with E-state index in [1.165, 1.54) is 0 Å². The summed E-state index contributed by atoms with van der Waals surface area (Å²) in [7, 11) is 0. The van der Waals surface area contributed by atoms with Crippen LogP contribution in [0, 0.1) is 0 Å². The number of carboxylic acid groups (broad SMARTS) is 1. The first-order valence-corrected chi connectivity index (χ1v) is 4.68. The molecule has 0 atom stereocenters. The molecule has 1 N–H and O–H groups in total. The van der Waals surface area contributed by atoms with E-state index in [1.54, 1.807) is 0 Å². The molecule has 3 heteroatoms. The van der Waals surface area contributed by atoms with Gasteiger partial charge in [-0.1, -0.05) is 6.08 Å². The van der Waals surface area contributed by atoms with Crippen LogP contribution in [0.4, 0.5) is 0 Å². The van der Waals surface area contributed by atoms with Crippen molar-refractivity contribution in [3.05, 3.63) is 12.7 Å². The van der Waals surface area contributed by atoms with Gasteiger partial charge in [-0.3, -0.25) is 4.79 Å². The first-order valence-electron chi connectivity index (χ1n) is 4.68. The predicted molar refractivity (Wildman–Crippen MR) is 51.7 cm³/mol. The van der Waals surface area contributed by atoms with Gasteiger partial charge in [0.2, 0.25) is 0 Å². The molecular weight excluding hydrogens is 168 g/mol. The summed E-state index contributed by atoms with van der Waals surface area (Å²) in [6, 6.07) is 0. The molecule has 0 fully saturated rings. The fourth-order valence-electron chi connectivity index (χ4n) is 0.912. The van der Waals surface area contributed by atoms with Crippen molar-refractivity contribution in [2.24, 2.45) is 0 Å². The second-order valence-corrected chi connectivity index (χ2v) is 2.89. The third-order valence-electron chi connectivity index (χ3n) is 1.63. The fraction of sp³-hybridized carbons (Fsp3) is 0.700. The van der Waals surface area contributed by atoms with E-state index in [1.807, 2.05) is 6.08 Å². The third-order valence-corrected chi connectivity index (χ3v) is 1.63. The molecule has 0 aromatic rings. The molecule has 0 aliphatic carbocycles. The third kappa shape index (κ3) is 11.2. The Labute approximate surface area is 79.4 Å². The first kappa shape index (κ1) is 12.2. The molecule has 0 rings (SSSR count). The van der Waals surface area contributed by atoms with Gasteiger partial charge in [0, 0.05) is 19.6 Å². The number of carbonyl (C=O) groups is 1. The maximum atomic E-state index is 10.1. The summed E-state index contributed by atoms with van der Waals surface area (Å²) in [6.07, 6.45) is 5.64. The smallest absolute Gasteiger partial charge is 0.303 e. The fourth-order valence-corrected chi connectivity index (χ4v) is 0.912. The Morgan fingerprint density at radius 1 is 1.31 bits per heavy atom. The molecule has 0 unspecified atom stereocenters. The Morgan fingerprint density at radius 3 is 2.62 bits per heavy atom. The molecule has 0 spiro atoms. The standard InChI is InChI=1S/C10H18O3/c1-2-3-5-8-13-9-6-4-7-10(11)12/h2H,1,3-9H2,(H,11,12). The molecule has 0 aliphatic heterocycles. The maximum absolute atomic E-state index is 10.1. The molecule has 0 radical (unpaired) electrons. The Bertz CT molecular complexity index is 143. The summed E-state index contributed by atoms with van der Waals surface area (Å²) in [6.45, 7) is 5.03. The van der Waals surface area contributed by atoms with E-state index < -0.39 is 5.97 Å². The van der Waals surface area contributed by atoms with E-state index in [0.29, 0.717) is 13.0 Å². The second kappa shape index (κ2) is 9.26. The first-order chi connectivity index (χ1) is 6.27. The van der Waals surface area contributed by atoms with Gasteiger partial charge in [0.05, 0.1) is 0 Å². The number of hydrogen-bond acceptors (Lipinski definition) is 2. The van der Waals surface area contributed by atoms with E-state index in [4.69, 9.17) is 9.84 Å². The summed E-state index contributed by atoms with van der Waals surface area (Å²) in [4.78, 5) is 10.1. The lowest BCUT2D eigenvalue weighted by atomic mass is 10.2.